The van der Waals surface area contributed by atoms with Crippen LogP contribution in [0.25, 0.3) is 0 Å². The van der Waals surface area contributed by atoms with Gasteiger partial charge in [-0.3, -0.25) is 9.52 Å². The van der Waals surface area contributed by atoms with Crippen molar-refractivity contribution in [3.8, 4) is 11.5 Å². The first kappa shape index (κ1) is 24.8. The fourth-order valence-corrected chi connectivity index (χ4v) is 4.27. The molecule has 2 N–H and O–H groups in total. The predicted molar refractivity (Wildman–Crippen MR) is 125 cm³/mol. The highest BCUT2D eigenvalue weighted by Crippen LogP contribution is 2.37. The third-order valence-corrected chi connectivity index (χ3v) is 6.13. The molecule has 0 aromatic heterocycles. The van der Waals surface area contributed by atoms with Gasteiger partial charge in [0.25, 0.3) is 5.91 Å². The van der Waals surface area contributed by atoms with E-state index in [2.05, 4.69) is 10.0 Å². The Morgan fingerprint density at radius 3 is 2.48 bits per heavy atom. The van der Waals surface area contributed by atoms with E-state index in [0.29, 0.717) is 47.4 Å². The van der Waals surface area contributed by atoms with E-state index in [-0.39, 0.29) is 16.3 Å². The third-order valence-electron chi connectivity index (χ3n) is 4.37. The molecular formula is C22H29ClN2O5S. The zero-order valence-corrected chi connectivity index (χ0v) is 20.0. The average Bonchev–Trinajstić information content (AvgIpc) is 2.69. The summed E-state index contributed by atoms with van der Waals surface area (Å²) in [4.78, 5) is 12.9. The van der Waals surface area contributed by atoms with E-state index < -0.39 is 15.9 Å². The van der Waals surface area contributed by atoms with Crippen molar-refractivity contribution in [2.45, 2.75) is 34.1 Å². The van der Waals surface area contributed by atoms with Crippen molar-refractivity contribution < 1.29 is 22.7 Å². The van der Waals surface area contributed by atoms with E-state index in [9.17, 15) is 13.2 Å². The zero-order valence-electron chi connectivity index (χ0n) is 18.4. The number of nitrogens with one attached hydrogen (secondary N) is 2. The van der Waals surface area contributed by atoms with Gasteiger partial charge in [-0.25, -0.2) is 8.42 Å². The Bertz CT molecular complexity index is 1040. The predicted octanol–water partition coefficient (Wildman–Crippen LogP) is 5.10. The van der Waals surface area contributed by atoms with Gasteiger partial charge in [-0.05, 0) is 49.1 Å². The molecule has 0 heterocycles. The molecule has 0 radical (unpaired) electrons. The molecule has 0 aliphatic heterocycles. The van der Waals surface area contributed by atoms with Crippen LogP contribution in [0.1, 0.15) is 43.1 Å². The van der Waals surface area contributed by atoms with Crippen LogP contribution in [-0.2, 0) is 10.0 Å². The van der Waals surface area contributed by atoms with Crippen molar-refractivity contribution in [1.82, 2.24) is 0 Å². The molecule has 7 nitrogen and oxygen atoms in total. The number of anilines is 2. The molecule has 0 saturated heterocycles. The summed E-state index contributed by atoms with van der Waals surface area (Å²) in [7, 11) is -1.97. The smallest absolute Gasteiger partial charge is 0.255 e. The van der Waals surface area contributed by atoms with Crippen LogP contribution >= 0.6 is 11.6 Å². The summed E-state index contributed by atoms with van der Waals surface area (Å²) in [5, 5.41) is 3.07. The van der Waals surface area contributed by atoms with Gasteiger partial charge in [-0.15, -0.1) is 0 Å². The van der Waals surface area contributed by atoms with Crippen molar-refractivity contribution in [3.63, 3.8) is 0 Å². The van der Waals surface area contributed by atoms with Crippen LogP contribution in [0.2, 0.25) is 5.02 Å². The molecule has 0 saturated carbocycles. The molecule has 0 fully saturated rings. The lowest BCUT2D eigenvalue weighted by molar-refractivity contribution is 0.102. The van der Waals surface area contributed by atoms with Crippen molar-refractivity contribution in [2.24, 2.45) is 5.92 Å². The highest BCUT2D eigenvalue weighted by molar-refractivity contribution is 7.92. The maximum atomic E-state index is 12.9. The number of ether oxygens (including phenoxy) is 2. The highest BCUT2D eigenvalue weighted by atomic mass is 35.5. The Morgan fingerprint density at radius 2 is 1.87 bits per heavy atom. The summed E-state index contributed by atoms with van der Waals surface area (Å²) in [5.41, 5.74) is 1.79. The van der Waals surface area contributed by atoms with E-state index in [4.69, 9.17) is 21.1 Å². The molecule has 2 rings (SSSR count). The fraction of sp³-hybridized carbons (Fsp3) is 0.409. The monoisotopic (exact) mass is 468 g/mol. The van der Waals surface area contributed by atoms with Crippen LogP contribution in [0.15, 0.2) is 30.3 Å². The Morgan fingerprint density at radius 1 is 1.19 bits per heavy atom. The van der Waals surface area contributed by atoms with Gasteiger partial charge in [0.15, 0.2) is 11.5 Å². The lowest BCUT2D eigenvalue weighted by atomic mass is 10.1. The van der Waals surface area contributed by atoms with Crippen LogP contribution < -0.4 is 19.5 Å². The molecule has 0 spiro atoms. The number of rotatable bonds is 10. The third kappa shape index (κ3) is 6.77. The number of carbonyl (C=O) groups excluding carboxylic acids is 1. The highest BCUT2D eigenvalue weighted by Gasteiger charge is 2.18. The summed E-state index contributed by atoms with van der Waals surface area (Å²) in [6.45, 7) is 8.01. The maximum Gasteiger partial charge on any atom is 0.255 e. The molecule has 0 atom stereocenters. The minimum atomic E-state index is -3.45. The molecule has 9 heteroatoms. The van der Waals surface area contributed by atoms with Gasteiger partial charge >= 0.3 is 0 Å². The van der Waals surface area contributed by atoms with E-state index in [1.165, 1.54) is 13.2 Å². The first-order chi connectivity index (χ1) is 14.6. The quantitative estimate of drug-likeness (QED) is 0.506. The van der Waals surface area contributed by atoms with Gasteiger partial charge in [0.2, 0.25) is 10.0 Å². The topological polar surface area (TPSA) is 93.7 Å². The Kier molecular flexibility index (Phi) is 8.59. The minimum absolute atomic E-state index is 0.0204. The van der Waals surface area contributed by atoms with Crippen LogP contribution in [0.3, 0.4) is 0 Å². The standard InChI is InChI=1S/C22H29ClN2O5S/c1-6-10-31(27,28)25-19-9-7-8-18(15(19)4)24-22(26)16-11-17(23)21(20(12-16)29-5)30-13-14(2)3/h7-9,11-12,14,25H,6,10,13H2,1-5H3,(H,24,26). The van der Waals surface area contributed by atoms with E-state index in [1.54, 1.807) is 38.1 Å². The molecular weight excluding hydrogens is 440 g/mol. The average molecular weight is 469 g/mol. The van der Waals surface area contributed by atoms with E-state index in [0.717, 1.165) is 0 Å². The van der Waals surface area contributed by atoms with Crippen molar-refractivity contribution in [3.05, 3.63) is 46.5 Å². The minimum Gasteiger partial charge on any atom is -0.493 e. The second-order valence-corrected chi connectivity index (χ2v) is 9.80. The summed E-state index contributed by atoms with van der Waals surface area (Å²) in [5.74, 6) is 0.655. The summed E-state index contributed by atoms with van der Waals surface area (Å²) >= 11 is 6.34. The van der Waals surface area contributed by atoms with Gasteiger partial charge in [0.05, 0.1) is 30.2 Å². The number of carbonyl (C=O) groups is 1. The summed E-state index contributed by atoms with van der Waals surface area (Å²) < 4.78 is 37.8. The molecule has 2 aromatic rings. The number of amides is 1. The van der Waals surface area contributed by atoms with Gasteiger partial charge in [-0.1, -0.05) is 38.4 Å². The van der Waals surface area contributed by atoms with Gasteiger partial charge in [0.1, 0.15) is 0 Å². The van der Waals surface area contributed by atoms with Gasteiger partial charge in [-0.2, -0.15) is 0 Å². The van der Waals surface area contributed by atoms with Crippen molar-refractivity contribution in [1.29, 1.82) is 0 Å². The van der Waals surface area contributed by atoms with Crippen LogP contribution in [0, 0.1) is 12.8 Å². The molecule has 170 valence electrons. The number of benzene rings is 2. The van der Waals surface area contributed by atoms with Crippen molar-refractivity contribution >= 4 is 38.9 Å². The fourth-order valence-electron chi connectivity index (χ4n) is 2.80. The molecule has 1 amide bonds. The zero-order chi connectivity index (χ0) is 23.2. The van der Waals surface area contributed by atoms with E-state index >= 15 is 0 Å². The number of halogens is 1. The van der Waals surface area contributed by atoms with Crippen LogP contribution in [0.5, 0.6) is 11.5 Å². The SMILES string of the molecule is CCCS(=O)(=O)Nc1cccc(NC(=O)c2cc(Cl)c(OCC(C)C)c(OC)c2)c1C. The number of hydrogen-bond donors (Lipinski definition) is 2. The Labute approximate surface area is 189 Å². The first-order valence-electron chi connectivity index (χ1n) is 9.99. The largest absolute Gasteiger partial charge is 0.493 e. The van der Waals surface area contributed by atoms with Crippen LogP contribution in [-0.4, -0.2) is 33.8 Å². The second-order valence-electron chi connectivity index (χ2n) is 7.55. The number of methoxy groups -OCH3 is 1. The van der Waals surface area contributed by atoms with Gasteiger partial charge < -0.3 is 14.8 Å². The molecule has 0 aliphatic carbocycles. The summed E-state index contributed by atoms with van der Waals surface area (Å²) in [6, 6.07) is 8.09. The normalized spacial score (nSPS) is 11.3. The molecule has 0 aliphatic rings. The van der Waals surface area contributed by atoms with Crippen LogP contribution in [0.4, 0.5) is 11.4 Å². The van der Waals surface area contributed by atoms with Gasteiger partial charge in [0, 0.05) is 11.3 Å². The number of hydrogen-bond acceptors (Lipinski definition) is 5. The molecule has 31 heavy (non-hydrogen) atoms. The number of sulfonamides is 1. The summed E-state index contributed by atoms with van der Waals surface area (Å²) in [6.07, 6.45) is 0.504. The Balaban J connectivity index is 2.27. The molecule has 0 unspecified atom stereocenters. The molecule has 0 bridgehead atoms. The second kappa shape index (κ2) is 10.7. The Hall–Kier alpha value is -2.45. The van der Waals surface area contributed by atoms with E-state index in [1.807, 2.05) is 13.8 Å². The lowest BCUT2D eigenvalue weighted by Crippen LogP contribution is -2.18. The molecule has 2 aromatic carbocycles. The maximum absolute atomic E-state index is 12.9. The lowest BCUT2D eigenvalue weighted by Gasteiger charge is -2.16. The first-order valence-corrected chi connectivity index (χ1v) is 12.0. The van der Waals surface area contributed by atoms with Crippen molar-refractivity contribution in [2.75, 3.05) is 29.5 Å².